The van der Waals surface area contributed by atoms with E-state index in [9.17, 15) is 18.0 Å². The Morgan fingerprint density at radius 1 is 1.33 bits per heavy atom. The van der Waals surface area contributed by atoms with Crippen LogP contribution in [-0.2, 0) is 19.6 Å². The number of likely N-dealkylation sites (N-methyl/N-ethyl adjacent to an activating group) is 1. The van der Waals surface area contributed by atoms with Crippen LogP contribution in [0.2, 0.25) is 0 Å². The number of hydrogen-bond acceptors (Lipinski definition) is 4. The van der Waals surface area contributed by atoms with Crippen molar-refractivity contribution in [3.05, 3.63) is 0 Å². The summed E-state index contributed by atoms with van der Waals surface area (Å²) in [5.41, 5.74) is -0.472. The van der Waals surface area contributed by atoms with Crippen molar-refractivity contribution < 1.29 is 23.1 Å². The molecule has 0 heterocycles. The Balaban J connectivity index is 4.73. The molecule has 0 bridgehead atoms. The van der Waals surface area contributed by atoms with Crippen molar-refractivity contribution in [3.63, 3.8) is 0 Å². The monoisotopic (exact) mass is 280 g/mol. The zero-order chi connectivity index (χ0) is 14.7. The maximum Gasteiger partial charge on any atom is 0.323 e. The predicted molar refractivity (Wildman–Crippen MR) is 66.5 cm³/mol. The Kier molecular flexibility index (Phi) is 5.30. The summed E-state index contributed by atoms with van der Waals surface area (Å²) in [5, 5.41) is 9.70. The van der Waals surface area contributed by atoms with Gasteiger partial charge in [0.05, 0.1) is 6.54 Å². The van der Waals surface area contributed by atoms with Gasteiger partial charge in [-0.25, -0.2) is 8.42 Å². The van der Waals surface area contributed by atoms with Crippen molar-refractivity contribution in [2.75, 3.05) is 13.6 Å². The van der Waals surface area contributed by atoms with Crippen LogP contribution in [0.1, 0.15) is 27.7 Å². The van der Waals surface area contributed by atoms with Crippen molar-refractivity contribution >= 4 is 21.9 Å². The highest BCUT2D eigenvalue weighted by Gasteiger charge is 2.32. The SMILES string of the molecule is CC(C(=O)O)S(=O)(=O)N(C)CC(=O)NC(C)(C)C. The van der Waals surface area contributed by atoms with Crippen LogP contribution in [0.25, 0.3) is 0 Å². The number of carbonyl (C=O) groups is 2. The molecule has 0 aromatic carbocycles. The van der Waals surface area contributed by atoms with Crippen LogP contribution in [-0.4, -0.2) is 54.1 Å². The summed E-state index contributed by atoms with van der Waals surface area (Å²) in [5.74, 6) is -1.93. The van der Waals surface area contributed by atoms with Gasteiger partial charge in [0.25, 0.3) is 0 Å². The van der Waals surface area contributed by atoms with Crippen molar-refractivity contribution in [1.82, 2.24) is 9.62 Å². The fourth-order valence-electron chi connectivity index (χ4n) is 1.15. The van der Waals surface area contributed by atoms with Gasteiger partial charge in [-0.15, -0.1) is 0 Å². The zero-order valence-corrected chi connectivity index (χ0v) is 12.0. The number of aliphatic carboxylic acids is 1. The van der Waals surface area contributed by atoms with E-state index in [0.29, 0.717) is 0 Å². The molecule has 0 spiro atoms. The third kappa shape index (κ3) is 5.01. The van der Waals surface area contributed by atoms with E-state index in [2.05, 4.69) is 5.32 Å². The number of sulfonamides is 1. The Morgan fingerprint density at radius 3 is 2.11 bits per heavy atom. The van der Waals surface area contributed by atoms with E-state index in [1.54, 1.807) is 20.8 Å². The van der Waals surface area contributed by atoms with Crippen LogP contribution in [0, 0.1) is 0 Å². The second-order valence-electron chi connectivity index (χ2n) is 5.08. The van der Waals surface area contributed by atoms with Crippen LogP contribution < -0.4 is 5.32 Å². The number of nitrogens with zero attached hydrogens (tertiary/aromatic N) is 1. The van der Waals surface area contributed by atoms with E-state index in [-0.39, 0.29) is 0 Å². The first-order valence-corrected chi connectivity index (χ1v) is 6.87. The summed E-state index contributed by atoms with van der Waals surface area (Å²) in [7, 11) is -2.84. The number of carboxylic acids is 1. The van der Waals surface area contributed by atoms with Crippen LogP contribution in [0.15, 0.2) is 0 Å². The lowest BCUT2D eigenvalue weighted by molar-refractivity contribution is -0.136. The normalized spacial score (nSPS) is 14.3. The molecule has 0 saturated heterocycles. The average Bonchev–Trinajstić information content (AvgIpc) is 2.12. The molecule has 0 aliphatic heterocycles. The quantitative estimate of drug-likeness (QED) is 0.715. The van der Waals surface area contributed by atoms with E-state index in [0.717, 1.165) is 11.2 Å². The summed E-state index contributed by atoms with van der Waals surface area (Å²) in [6, 6.07) is 0. The third-order valence-electron chi connectivity index (χ3n) is 2.11. The van der Waals surface area contributed by atoms with E-state index >= 15 is 0 Å². The van der Waals surface area contributed by atoms with Gasteiger partial charge in [-0.05, 0) is 27.7 Å². The molecule has 18 heavy (non-hydrogen) atoms. The average molecular weight is 280 g/mol. The van der Waals surface area contributed by atoms with E-state index in [4.69, 9.17) is 5.11 Å². The molecule has 0 aromatic rings. The second kappa shape index (κ2) is 5.66. The molecule has 0 aliphatic rings. The van der Waals surface area contributed by atoms with Gasteiger partial charge in [-0.3, -0.25) is 9.59 Å². The van der Waals surface area contributed by atoms with Gasteiger partial charge < -0.3 is 10.4 Å². The fraction of sp³-hybridized carbons (Fsp3) is 0.800. The number of nitrogens with one attached hydrogen (secondary N) is 1. The molecule has 1 unspecified atom stereocenters. The topological polar surface area (TPSA) is 104 Å². The molecule has 1 amide bonds. The Labute approximate surface area is 107 Å². The van der Waals surface area contributed by atoms with E-state index in [1.807, 2.05) is 0 Å². The number of carboxylic acid groups (broad SMARTS) is 1. The lowest BCUT2D eigenvalue weighted by Crippen LogP contribution is -2.48. The van der Waals surface area contributed by atoms with Gasteiger partial charge >= 0.3 is 5.97 Å². The van der Waals surface area contributed by atoms with Crippen molar-refractivity contribution in [2.45, 2.75) is 38.5 Å². The van der Waals surface area contributed by atoms with Gasteiger partial charge in [0.2, 0.25) is 15.9 Å². The highest BCUT2D eigenvalue weighted by molar-refractivity contribution is 7.90. The zero-order valence-electron chi connectivity index (χ0n) is 11.2. The molecular formula is C10H20N2O5S. The lowest BCUT2D eigenvalue weighted by Gasteiger charge is -2.24. The van der Waals surface area contributed by atoms with Gasteiger partial charge in [0.15, 0.2) is 5.25 Å². The molecule has 8 heteroatoms. The van der Waals surface area contributed by atoms with Crippen LogP contribution in [0.5, 0.6) is 0 Å². The van der Waals surface area contributed by atoms with Crippen LogP contribution >= 0.6 is 0 Å². The highest BCUT2D eigenvalue weighted by Crippen LogP contribution is 2.07. The summed E-state index contributed by atoms with van der Waals surface area (Å²) >= 11 is 0. The lowest BCUT2D eigenvalue weighted by atomic mass is 10.1. The first kappa shape index (κ1) is 16.9. The molecule has 106 valence electrons. The Morgan fingerprint density at radius 2 is 1.78 bits per heavy atom. The molecule has 0 radical (unpaired) electrons. The van der Waals surface area contributed by atoms with Gasteiger partial charge in [-0.1, -0.05) is 0 Å². The summed E-state index contributed by atoms with van der Waals surface area (Å²) in [6.45, 7) is 5.95. The van der Waals surface area contributed by atoms with Gasteiger partial charge in [-0.2, -0.15) is 4.31 Å². The van der Waals surface area contributed by atoms with Crippen molar-refractivity contribution in [2.24, 2.45) is 0 Å². The molecule has 2 N–H and O–H groups in total. The minimum Gasteiger partial charge on any atom is -0.480 e. The standard InChI is InChI=1S/C10H20N2O5S/c1-7(9(14)15)18(16,17)12(5)6-8(13)11-10(2,3)4/h7H,6H2,1-5H3,(H,11,13)(H,14,15). The van der Waals surface area contributed by atoms with Crippen LogP contribution in [0.3, 0.4) is 0 Å². The summed E-state index contributed by atoms with van der Waals surface area (Å²) < 4.78 is 24.2. The molecule has 7 nitrogen and oxygen atoms in total. The van der Waals surface area contributed by atoms with Gasteiger partial charge in [0, 0.05) is 12.6 Å². The number of amides is 1. The van der Waals surface area contributed by atoms with E-state index in [1.165, 1.54) is 7.05 Å². The third-order valence-corrected chi connectivity index (χ3v) is 4.20. The fourth-order valence-corrected chi connectivity index (χ4v) is 2.24. The predicted octanol–water partition coefficient (Wildman–Crippen LogP) is -0.364. The summed E-state index contributed by atoms with van der Waals surface area (Å²) in [6.07, 6.45) is 0. The van der Waals surface area contributed by atoms with Gasteiger partial charge in [0.1, 0.15) is 0 Å². The van der Waals surface area contributed by atoms with E-state index < -0.39 is 39.2 Å². The van der Waals surface area contributed by atoms with Crippen molar-refractivity contribution in [3.8, 4) is 0 Å². The Hall–Kier alpha value is -1.15. The molecular weight excluding hydrogens is 260 g/mol. The first-order valence-electron chi connectivity index (χ1n) is 5.37. The number of hydrogen-bond donors (Lipinski definition) is 2. The second-order valence-corrected chi connectivity index (χ2v) is 7.44. The minimum atomic E-state index is -4.02. The molecule has 0 fully saturated rings. The van der Waals surface area contributed by atoms with Crippen LogP contribution in [0.4, 0.5) is 0 Å². The molecule has 0 aromatic heterocycles. The molecule has 0 aliphatic carbocycles. The summed E-state index contributed by atoms with van der Waals surface area (Å²) in [4.78, 5) is 22.2. The first-order chi connectivity index (χ1) is 7.88. The molecule has 0 saturated carbocycles. The maximum absolute atomic E-state index is 11.7. The minimum absolute atomic E-state index is 0.406. The smallest absolute Gasteiger partial charge is 0.323 e. The largest absolute Gasteiger partial charge is 0.480 e. The maximum atomic E-state index is 11.7. The number of carbonyl (C=O) groups excluding carboxylic acids is 1. The molecule has 1 atom stereocenters. The highest BCUT2D eigenvalue weighted by atomic mass is 32.2. The number of rotatable bonds is 5. The Bertz CT molecular complexity index is 424. The van der Waals surface area contributed by atoms with Crippen molar-refractivity contribution in [1.29, 1.82) is 0 Å². The molecule has 0 rings (SSSR count).